The monoisotopic (exact) mass is 476 g/mol. The van der Waals surface area contributed by atoms with E-state index >= 15 is 0 Å². The molecule has 25 heavy (non-hydrogen) atoms. The SMILES string of the molecule is CCNC(=O)CNC(=NCc1ccc(F)cc1C(F)(F)F)NCC.I. The van der Waals surface area contributed by atoms with Crippen LogP contribution in [0.2, 0.25) is 0 Å². The van der Waals surface area contributed by atoms with Crippen molar-refractivity contribution >= 4 is 35.8 Å². The first-order valence-corrected chi connectivity index (χ1v) is 7.42. The second kappa shape index (κ2) is 11.1. The van der Waals surface area contributed by atoms with Gasteiger partial charge in [0.25, 0.3) is 0 Å². The molecule has 0 aliphatic rings. The molecule has 1 rings (SSSR count). The molecule has 0 saturated carbocycles. The number of aliphatic imine (C=N–C) groups is 1. The summed E-state index contributed by atoms with van der Waals surface area (Å²) in [5, 5.41) is 8.12. The van der Waals surface area contributed by atoms with Gasteiger partial charge in [-0.3, -0.25) is 4.79 Å². The van der Waals surface area contributed by atoms with Crippen LogP contribution in [0.4, 0.5) is 17.6 Å². The maximum atomic E-state index is 13.1. The third-order valence-corrected chi connectivity index (χ3v) is 2.92. The number of amides is 1. The van der Waals surface area contributed by atoms with Crippen LogP contribution in [0.15, 0.2) is 23.2 Å². The zero-order valence-electron chi connectivity index (χ0n) is 13.8. The standard InChI is InChI=1S/C15H20F4N4O.HI/c1-3-20-13(24)9-23-14(21-4-2)22-8-10-5-6-11(16)7-12(10)15(17,18)19;/h5-7H,3-4,8-9H2,1-2H3,(H,20,24)(H2,21,22,23);1H. The number of rotatable bonds is 6. The zero-order valence-corrected chi connectivity index (χ0v) is 16.2. The van der Waals surface area contributed by atoms with Crippen LogP contribution in [-0.2, 0) is 17.5 Å². The summed E-state index contributed by atoms with van der Waals surface area (Å²) in [4.78, 5) is 15.4. The highest BCUT2D eigenvalue weighted by atomic mass is 127. The van der Waals surface area contributed by atoms with E-state index in [0.29, 0.717) is 19.2 Å². The summed E-state index contributed by atoms with van der Waals surface area (Å²) >= 11 is 0. The Balaban J connectivity index is 0.00000576. The second-order valence-corrected chi connectivity index (χ2v) is 4.80. The Kier molecular flexibility index (Phi) is 10.4. The van der Waals surface area contributed by atoms with E-state index in [1.165, 1.54) is 0 Å². The molecule has 0 radical (unpaired) electrons. The lowest BCUT2D eigenvalue weighted by molar-refractivity contribution is -0.138. The van der Waals surface area contributed by atoms with Gasteiger partial charge < -0.3 is 16.0 Å². The highest BCUT2D eigenvalue weighted by Gasteiger charge is 2.33. The van der Waals surface area contributed by atoms with Gasteiger partial charge in [0, 0.05) is 13.1 Å². The van der Waals surface area contributed by atoms with E-state index in [2.05, 4.69) is 20.9 Å². The average Bonchev–Trinajstić information content (AvgIpc) is 2.50. The first-order chi connectivity index (χ1) is 11.3. The number of hydrogen-bond acceptors (Lipinski definition) is 2. The fourth-order valence-electron chi connectivity index (χ4n) is 1.88. The fraction of sp³-hybridized carbons (Fsp3) is 0.467. The lowest BCUT2D eigenvalue weighted by Gasteiger charge is -2.14. The van der Waals surface area contributed by atoms with Gasteiger partial charge in [0.1, 0.15) is 5.82 Å². The number of likely N-dealkylation sites (N-methyl/N-ethyl adjacent to an activating group) is 1. The fourth-order valence-corrected chi connectivity index (χ4v) is 1.88. The van der Waals surface area contributed by atoms with Crippen LogP contribution < -0.4 is 16.0 Å². The summed E-state index contributed by atoms with van der Waals surface area (Å²) in [5.74, 6) is -1.03. The van der Waals surface area contributed by atoms with Gasteiger partial charge in [0.15, 0.2) is 5.96 Å². The summed E-state index contributed by atoms with van der Waals surface area (Å²) in [6.07, 6.45) is -4.67. The van der Waals surface area contributed by atoms with E-state index in [9.17, 15) is 22.4 Å². The third-order valence-electron chi connectivity index (χ3n) is 2.92. The van der Waals surface area contributed by atoms with Crippen LogP contribution in [-0.4, -0.2) is 31.5 Å². The van der Waals surface area contributed by atoms with E-state index in [1.54, 1.807) is 13.8 Å². The molecule has 3 N–H and O–H groups in total. The van der Waals surface area contributed by atoms with Crippen LogP contribution in [0.3, 0.4) is 0 Å². The zero-order chi connectivity index (χ0) is 18.2. The summed E-state index contributed by atoms with van der Waals surface area (Å²) < 4.78 is 51.9. The van der Waals surface area contributed by atoms with Crippen LogP contribution in [0.1, 0.15) is 25.0 Å². The predicted molar refractivity (Wildman–Crippen MR) is 98.3 cm³/mol. The number of carbonyl (C=O) groups excluding carboxylic acids is 1. The van der Waals surface area contributed by atoms with Crippen molar-refractivity contribution in [2.45, 2.75) is 26.6 Å². The first-order valence-electron chi connectivity index (χ1n) is 7.42. The average molecular weight is 476 g/mol. The van der Waals surface area contributed by atoms with Crippen molar-refractivity contribution in [1.29, 1.82) is 0 Å². The Bertz CT molecular complexity index is 593. The van der Waals surface area contributed by atoms with Crippen LogP contribution in [0.25, 0.3) is 0 Å². The van der Waals surface area contributed by atoms with E-state index in [-0.39, 0.29) is 54.5 Å². The van der Waals surface area contributed by atoms with Crippen molar-refractivity contribution in [1.82, 2.24) is 16.0 Å². The summed E-state index contributed by atoms with van der Waals surface area (Å²) in [6.45, 7) is 4.12. The molecule has 0 aromatic heterocycles. The van der Waals surface area contributed by atoms with Gasteiger partial charge >= 0.3 is 6.18 Å². The predicted octanol–water partition coefficient (Wildman–Crippen LogP) is 2.65. The van der Waals surface area contributed by atoms with Crippen molar-refractivity contribution in [2.24, 2.45) is 4.99 Å². The Labute approximate surface area is 160 Å². The molecule has 1 amide bonds. The number of carbonyl (C=O) groups is 1. The van der Waals surface area contributed by atoms with Gasteiger partial charge in [-0.15, -0.1) is 24.0 Å². The number of halogens is 5. The molecule has 0 atom stereocenters. The molecule has 0 fully saturated rings. The van der Waals surface area contributed by atoms with E-state index in [0.717, 1.165) is 12.1 Å². The van der Waals surface area contributed by atoms with Gasteiger partial charge in [-0.1, -0.05) is 6.07 Å². The van der Waals surface area contributed by atoms with Gasteiger partial charge in [0.05, 0.1) is 18.7 Å². The minimum atomic E-state index is -4.67. The van der Waals surface area contributed by atoms with Crippen molar-refractivity contribution in [3.05, 3.63) is 35.1 Å². The van der Waals surface area contributed by atoms with Crippen molar-refractivity contribution in [3.8, 4) is 0 Å². The number of nitrogens with one attached hydrogen (secondary N) is 3. The Morgan fingerprint density at radius 2 is 1.76 bits per heavy atom. The topological polar surface area (TPSA) is 65.5 Å². The van der Waals surface area contributed by atoms with Gasteiger partial charge in [0.2, 0.25) is 5.91 Å². The molecule has 0 unspecified atom stereocenters. The smallest absolute Gasteiger partial charge is 0.357 e. The van der Waals surface area contributed by atoms with Crippen LogP contribution in [0.5, 0.6) is 0 Å². The van der Waals surface area contributed by atoms with Gasteiger partial charge in [-0.2, -0.15) is 13.2 Å². The largest absolute Gasteiger partial charge is 0.416 e. The Morgan fingerprint density at radius 3 is 2.32 bits per heavy atom. The molecule has 0 aliphatic carbocycles. The number of guanidine groups is 1. The Morgan fingerprint density at radius 1 is 1.12 bits per heavy atom. The molecule has 0 spiro atoms. The lowest BCUT2D eigenvalue weighted by Crippen LogP contribution is -2.43. The molecule has 142 valence electrons. The summed E-state index contributed by atoms with van der Waals surface area (Å²) in [6, 6.07) is 2.45. The maximum absolute atomic E-state index is 13.1. The van der Waals surface area contributed by atoms with Gasteiger partial charge in [-0.25, -0.2) is 9.38 Å². The molecule has 0 aliphatic heterocycles. The van der Waals surface area contributed by atoms with Crippen molar-refractivity contribution < 1.29 is 22.4 Å². The van der Waals surface area contributed by atoms with Crippen LogP contribution >= 0.6 is 24.0 Å². The number of alkyl halides is 3. The second-order valence-electron chi connectivity index (χ2n) is 4.80. The number of nitrogens with zero attached hydrogens (tertiary/aromatic N) is 1. The minimum absolute atomic E-state index is 0. The first kappa shape index (κ1) is 23.4. The molecular formula is C15H21F4IN4O. The normalized spacial score (nSPS) is 11.5. The highest BCUT2D eigenvalue weighted by Crippen LogP contribution is 2.32. The van der Waals surface area contributed by atoms with Gasteiger partial charge in [-0.05, 0) is 31.5 Å². The summed E-state index contributed by atoms with van der Waals surface area (Å²) in [7, 11) is 0. The van der Waals surface area contributed by atoms with Crippen LogP contribution in [0, 0.1) is 5.82 Å². The van der Waals surface area contributed by atoms with E-state index in [4.69, 9.17) is 0 Å². The maximum Gasteiger partial charge on any atom is 0.416 e. The molecule has 5 nitrogen and oxygen atoms in total. The van der Waals surface area contributed by atoms with Crippen molar-refractivity contribution in [3.63, 3.8) is 0 Å². The molecule has 10 heteroatoms. The lowest BCUT2D eigenvalue weighted by atomic mass is 10.1. The quantitative estimate of drug-likeness (QED) is 0.256. The molecular weight excluding hydrogens is 455 g/mol. The van der Waals surface area contributed by atoms with E-state index < -0.39 is 17.6 Å². The molecule has 1 aromatic carbocycles. The Hall–Kier alpha value is -1.59. The van der Waals surface area contributed by atoms with E-state index in [1.807, 2.05) is 0 Å². The number of benzene rings is 1. The molecule has 0 heterocycles. The minimum Gasteiger partial charge on any atom is -0.357 e. The number of hydrogen-bond donors (Lipinski definition) is 3. The molecule has 1 aromatic rings. The molecule has 0 saturated heterocycles. The summed E-state index contributed by atoms with van der Waals surface area (Å²) in [5.41, 5.74) is -1.22. The van der Waals surface area contributed by atoms with Crippen molar-refractivity contribution in [2.75, 3.05) is 19.6 Å². The third kappa shape index (κ3) is 8.36. The molecule has 0 bridgehead atoms. The highest BCUT2D eigenvalue weighted by molar-refractivity contribution is 14.0.